The molecule has 4 heteroatoms. The van der Waals surface area contributed by atoms with Crippen molar-refractivity contribution in [2.75, 3.05) is 5.32 Å². The summed E-state index contributed by atoms with van der Waals surface area (Å²) in [6.45, 7) is 0. The summed E-state index contributed by atoms with van der Waals surface area (Å²) in [4.78, 5) is 0. The Bertz CT molecular complexity index is 540. The SMILES string of the molecule is NC(=S)Nc1c(F)cccc1-c1ccccc1. The van der Waals surface area contributed by atoms with Crippen LogP contribution in [0.25, 0.3) is 11.1 Å². The third-order valence-electron chi connectivity index (χ3n) is 2.35. The van der Waals surface area contributed by atoms with Crippen LogP contribution < -0.4 is 11.1 Å². The number of benzene rings is 2. The van der Waals surface area contributed by atoms with Gasteiger partial charge in [-0.2, -0.15) is 0 Å². The summed E-state index contributed by atoms with van der Waals surface area (Å²) in [5.41, 5.74) is 7.35. The van der Waals surface area contributed by atoms with Crippen molar-refractivity contribution in [1.82, 2.24) is 0 Å². The summed E-state index contributed by atoms with van der Waals surface area (Å²) in [6.07, 6.45) is 0. The second kappa shape index (κ2) is 4.93. The number of hydrogen-bond acceptors (Lipinski definition) is 1. The van der Waals surface area contributed by atoms with E-state index in [2.05, 4.69) is 5.32 Å². The first kappa shape index (κ1) is 11.5. The molecule has 0 aliphatic carbocycles. The Hall–Kier alpha value is -1.94. The van der Waals surface area contributed by atoms with E-state index in [4.69, 9.17) is 18.0 Å². The molecule has 2 aromatic carbocycles. The van der Waals surface area contributed by atoms with E-state index in [1.807, 2.05) is 36.4 Å². The van der Waals surface area contributed by atoms with Crippen LogP contribution in [0.3, 0.4) is 0 Å². The number of halogens is 1. The molecule has 0 amide bonds. The second-order valence-corrected chi connectivity index (χ2v) is 3.96. The molecule has 0 aliphatic rings. The number of hydrogen-bond donors (Lipinski definition) is 2. The van der Waals surface area contributed by atoms with Crippen molar-refractivity contribution in [3.8, 4) is 11.1 Å². The average molecular weight is 246 g/mol. The highest BCUT2D eigenvalue weighted by molar-refractivity contribution is 7.80. The van der Waals surface area contributed by atoms with Gasteiger partial charge >= 0.3 is 0 Å². The fourth-order valence-electron chi connectivity index (χ4n) is 1.63. The number of para-hydroxylation sites is 1. The Morgan fingerprint density at radius 2 is 1.76 bits per heavy atom. The average Bonchev–Trinajstić information content (AvgIpc) is 2.32. The van der Waals surface area contributed by atoms with Crippen LogP contribution in [0.1, 0.15) is 0 Å². The fraction of sp³-hybridized carbons (Fsp3) is 0. The fourth-order valence-corrected chi connectivity index (χ4v) is 1.73. The molecule has 0 spiro atoms. The first-order chi connectivity index (χ1) is 8.18. The monoisotopic (exact) mass is 246 g/mol. The van der Waals surface area contributed by atoms with Crippen molar-refractivity contribution < 1.29 is 4.39 Å². The minimum absolute atomic E-state index is 0.0484. The highest BCUT2D eigenvalue weighted by Gasteiger charge is 2.10. The highest BCUT2D eigenvalue weighted by atomic mass is 32.1. The minimum Gasteiger partial charge on any atom is -0.376 e. The number of nitrogens with two attached hydrogens (primary N) is 1. The van der Waals surface area contributed by atoms with Gasteiger partial charge in [-0.3, -0.25) is 0 Å². The zero-order valence-corrected chi connectivity index (χ0v) is 9.80. The second-order valence-electron chi connectivity index (χ2n) is 3.52. The number of nitrogens with one attached hydrogen (secondary N) is 1. The zero-order valence-electron chi connectivity index (χ0n) is 8.98. The largest absolute Gasteiger partial charge is 0.376 e. The Kier molecular flexibility index (Phi) is 3.35. The number of anilines is 1. The number of thiocarbonyl (C=S) groups is 1. The van der Waals surface area contributed by atoms with Gasteiger partial charge in [-0.1, -0.05) is 42.5 Å². The van der Waals surface area contributed by atoms with Crippen LogP contribution in [0.15, 0.2) is 48.5 Å². The molecule has 0 atom stereocenters. The summed E-state index contributed by atoms with van der Waals surface area (Å²) in [7, 11) is 0. The predicted octanol–water partition coefficient (Wildman–Crippen LogP) is 3.15. The van der Waals surface area contributed by atoms with Crippen LogP contribution in [-0.2, 0) is 0 Å². The molecular formula is C13H11FN2S. The Morgan fingerprint density at radius 1 is 1.06 bits per heavy atom. The normalized spacial score (nSPS) is 9.94. The van der Waals surface area contributed by atoms with Crippen LogP contribution in [0.5, 0.6) is 0 Å². The maximum Gasteiger partial charge on any atom is 0.168 e. The van der Waals surface area contributed by atoms with E-state index in [1.54, 1.807) is 6.07 Å². The molecule has 2 rings (SSSR count). The van der Waals surface area contributed by atoms with Crippen LogP contribution in [0, 0.1) is 5.82 Å². The maximum absolute atomic E-state index is 13.7. The van der Waals surface area contributed by atoms with Gasteiger partial charge in [-0.15, -0.1) is 0 Å². The molecule has 0 unspecified atom stereocenters. The van der Waals surface area contributed by atoms with Crippen molar-refractivity contribution in [1.29, 1.82) is 0 Å². The quantitative estimate of drug-likeness (QED) is 0.799. The molecular weight excluding hydrogens is 235 g/mol. The van der Waals surface area contributed by atoms with Crippen LogP contribution in [-0.4, -0.2) is 5.11 Å². The Labute approximate surface area is 104 Å². The lowest BCUT2D eigenvalue weighted by Gasteiger charge is -2.11. The van der Waals surface area contributed by atoms with E-state index in [9.17, 15) is 4.39 Å². The summed E-state index contributed by atoms with van der Waals surface area (Å²) in [5.74, 6) is -0.376. The molecule has 3 N–H and O–H groups in total. The van der Waals surface area contributed by atoms with Crippen LogP contribution in [0.4, 0.5) is 10.1 Å². The van der Waals surface area contributed by atoms with Gasteiger partial charge in [0, 0.05) is 5.56 Å². The highest BCUT2D eigenvalue weighted by Crippen LogP contribution is 2.29. The van der Waals surface area contributed by atoms with Crippen molar-refractivity contribution >= 4 is 23.0 Å². The van der Waals surface area contributed by atoms with Gasteiger partial charge < -0.3 is 11.1 Å². The molecule has 0 aromatic heterocycles. The van der Waals surface area contributed by atoms with Gasteiger partial charge in [0.2, 0.25) is 0 Å². The predicted molar refractivity (Wildman–Crippen MR) is 72.2 cm³/mol. The van der Waals surface area contributed by atoms with Crippen molar-refractivity contribution in [2.24, 2.45) is 5.73 Å². The van der Waals surface area contributed by atoms with Gasteiger partial charge in [0.05, 0.1) is 5.69 Å². The number of rotatable bonds is 2. The minimum atomic E-state index is -0.376. The standard InChI is InChI=1S/C13H11FN2S/c14-11-8-4-7-10(12(11)16-13(15)17)9-5-2-1-3-6-9/h1-8H,(H3,15,16,17). The first-order valence-electron chi connectivity index (χ1n) is 5.09. The van der Waals surface area contributed by atoms with Gasteiger partial charge in [-0.25, -0.2) is 4.39 Å². The van der Waals surface area contributed by atoms with Crippen molar-refractivity contribution in [3.05, 3.63) is 54.3 Å². The molecule has 0 bridgehead atoms. The lowest BCUT2D eigenvalue weighted by atomic mass is 10.0. The van der Waals surface area contributed by atoms with Crippen molar-refractivity contribution in [2.45, 2.75) is 0 Å². The third kappa shape index (κ3) is 2.60. The van der Waals surface area contributed by atoms with Crippen LogP contribution >= 0.6 is 12.2 Å². The van der Waals surface area contributed by atoms with E-state index in [1.165, 1.54) is 6.07 Å². The molecule has 17 heavy (non-hydrogen) atoms. The lowest BCUT2D eigenvalue weighted by Crippen LogP contribution is -2.20. The van der Waals surface area contributed by atoms with Gasteiger partial charge in [0.15, 0.2) is 5.11 Å². The lowest BCUT2D eigenvalue weighted by molar-refractivity contribution is 0.632. The van der Waals surface area contributed by atoms with E-state index >= 15 is 0 Å². The first-order valence-corrected chi connectivity index (χ1v) is 5.49. The van der Waals surface area contributed by atoms with E-state index in [-0.39, 0.29) is 10.9 Å². The molecule has 0 heterocycles. The van der Waals surface area contributed by atoms with Gasteiger partial charge in [0.25, 0.3) is 0 Å². The molecule has 2 nitrogen and oxygen atoms in total. The van der Waals surface area contributed by atoms with Crippen molar-refractivity contribution in [3.63, 3.8) is 0 Å². The van der Waals surface area contributed by atoms with E-state index < -0.39 is 0 Å². The summed E-state index contributed by atoms with van der Waals surface area (Å²) in [5, 5.41) is 2.72. The van der Waals surface area contributed by atoms with Gasteiger partial charge in [0.1, 0.15) is 5.82 Å². The Morgan fingerprint density at radius 3 is 2.41 bits per heavy atom. The molecule has 0 saturated heterocycles. The molecule has 0 radical (unpaired) electrons. The van der Waals surface area contributed by atoms with Crippen LogP contribution in [0.2, 0.25) is 0 Å². The van der Waals surface area contributed by atoms with E-state index in [0.717, 1.165) is 11.1 Å². The maximum atomic E-state index is 13.7. The zero-order chi connectivity index (χ0) is 12.3. The van der Waals surface area contributed by atoms with E-state index in [0.29, 0.717) is 5.69 Å². The smallest absolute Gasteiger partial charge is 0.168 e. The molecule has 0 saturated carbocycles. The topological polar surface area (TPSA) is 38.0 Å². The summed E-state index contributed by atoms with van der Waals surface area (Å²) >= 11 is 4.75. The molecule has 86 valence electrons. The third-order valence-corrected chi connectivity index (χ3v) is 2.45. The molecule has 0 fully saturated rings. The molecule has 0 aliphatic heterocycles. The summed E-state index contributed by atoms with van der Waals surface area (Å²) in [6, 6.07) is 14.3. The summed E-state index contributed by atoms with van der Waals surface area (Å²) < 4.78 is 13.7. The Balaban J connectivity index is 2.54. The molecule has 2 aromatic rings. The van der Waals surface area contributed by atoms with Gasteiger partial charge in [-0.05, 0) is 23.8 Å².